The Morgan fingerprint density at radius 1 is 1.15 bits per heavy atom. The Balaban J connectivity index is 1.65. The molecule has 33 heavy (non-hydrogen) atoms. The molecule has 11 heteroatoms. The molecule has 1 aliphatic carbocycles. The molecule has 1 saturated carbocycles. The summed E-state index contributed by atoms with van der Waals surface area (Å²) in [6.45, 7) is 2.00. The first-order valence-electron chi connectivity index (χ1n) is 10.0. The minimum absolute atomic E-state index is 0.0751. The Morgan fingerprint density at radius 3 is 2.64 bits per heavy atom. The Labute approximate surface area is 184 Å². The minimum Gasteiger partial charge on any atom is -0.326 e. The fraction of sp³-hybridized carbons (Fsp3) is 0.273. The summed E-state index contributed by atoms with van der Waals surface area (Å²) in [7, 11) is 0. The molecule has 3 aromatic heterocycles. The highest BCUT2D eigenvalue weighted by Gasteiger charge is 2.62. The SMILES string of the molecule is CCN(c1cc(F)cc(C#CC2(C(F)(F)F)CC2)c1)c1nc2nncn2c2cncc(F)c12. The molecule has 0 spiro atoms. The number of nitrogens with zero attached hydrogens (tertiary/aromatic N) is 6. The van der Waals surface area contributed by atoms with Gasteiger partial charge in [-0.1, -0.05) is 11.8 Å². The fourth-order valence-electron chi connectivity index (χ4n) is 3.70. The number of hydrogen-bond donors (Lipinski definition) is 0. The summed E-state index contributed by atoms with van der Waals surface area (Å²) < 4.78 is 70.4. The molecule has 0 saturated heterocycles. The highest BCUT2D eigenvalue weighted by atomic mass is 19.4. The maximum Gasteiger partial charge on any atom is 0.405 e. The number of anilines is 2. The van der Waals surface area contributed by atoms with E-state index in [1.54, 1.807) is 6.92 Å². The van der Waals surface area contributed by atoms with Crippen LogP contribution in [-0.2, 0) is 0 Å². The highest BCUT2D eigenvalue weighted by molar-refractivity contribution is 5.93. The van der Waals surface area contributed by atoms with Crippen LogP contribution < -0.4 is 4.90 Å². The topological polar surface area (TPSA) is 59.2 Å². The summed E-state index contributed by atoms with van der Waals surface area (Å²) in [5.41, 5.74) is -1.34. The van der Waals surface area contributed by atoms with Crippen molar-refractivity contribution < 1.29 is 22.0 Å². The molecule has 5 rings (SSSR count). The normalized spacial score (nSPS) is 14.8. The second kappa shape index (κ2) is 7.37. The monoisotopic (exact) mass is 458 g/mol. The Bertz CT molecular complexity index is 1440. The number of pyridine rings is 1. The second-order valence-electron chi connectivity index (χ2n) is 7.72. The average molecular weight is 458 g/mol. The molecule has 3 heterocycles. The molecule has 0 aliphatic heterocycles. The van der Waals surface area contributed by atoms with Crippen molar-refractivity contribution in [2.75, 3.05) is 11.4 Å². The Hall–Kier alpha value is -3.81. The summed E-state index contributed by atoms with van der Waals surface area (Å²) in [5, 5.41) is 7.82. The summed E-state index contributed by atoms with van der Waals surface area (Å²) in [5.74, 6) is 3.73. The third-order valence-electron chi connectivity index (χ3n) is 5.60. The highest BCUT2D eigenvalue weighted by Crippen LogP contribution is 2.57. The predicted octanol–water partition coefficient (Wildman–Crippen LogP) is 4.80. The largest absolute Gasteiger partial charge is 0.405 e. The van der Waals surface area contributed by atoms with Crippen LogP contribution in [0, 0.1) is 28.9 Å². The zero-order valence-electron chi connectivity index (χ0n) is 17.2. The van der Waals surface area contributed by atoms with Gasteiger partial charge in [-0.25, -0.2) is 8.78 Å². The van der Waals surface area contributed by atoms with Gasteiger partial charge in [0.1, 0.15) is 23.4 Å². The van der Waals surface area contributed by atoms with Gasteiger partial charge in [0.2, 0.25) is 0 Å². The van der Waals surface area contributed by atoms with Crippen molar-refractivity contribution >= 4 is 28.2 Å². The minimum atomic E-state index is -4.44. The van der Waals surface area contributed by atoms with E-state index in [0.29, 0.717) is 5.52 Å². The number of hydrogen-bond acceptors (Lipinski definition) is 5. The van der Waals surface area contributed by atoms with Crippen LogP contribution >= 0.6 is 0 Å². The lowest BCUT2D eigenvalue weighted by Gasteiger charge is -2.24. The van der Waals surface area contributed by atoms with Gasteiger partial charge in [-0.3, -0.25) is 9.38 Å². The summed E-state index contributed by atoms with van der Waals surface area (Å²) in [6.07, 6.45) is -0.749. The van der Waals surface area contributed by atoms with Crippen LogP contribution in [0.4, 0.5) is 33.5 Å². The van der Waals surface area contributed by atoms with Crippen LogP contribution in [0.5, 0.6) is 0 Å². The molecule has 0 atom stereocenters. The summed E-state index contributed by atoms with van der Waals surface area (Å²) in [6, 6.07) is 3.70. The smallest absolute Gasteiger partial charge is 0.326 e. The van der Waals surface area contributed by atoms with E-state index in [-0.39, 0.29) is 47.6 Å². The maximum absolute atomic E-state index is 14.8. The molecule has 4 aromatic rings. The first kappa shape index (κ1) is 21.1. The third kappa shape index (κ3) is 3.51. The standard InChI is InChI=1S/C22H15F5N6/c1-2-32(19-18-16(24)10-28-11-17(18)33-12-29-31-20(33)30-19)15-8-13(7-14(23)9-15)3-4-21(5-6-21)22(25,26)27/h7-12H,2,5-6H2,1H3. The zero-order chi connectivity index (χ0) is 23.4. The van der Waals surface area contributed by atoms with Gasteiger partial charge < -0.3 is 4.90 Å². The van der Waals surface area contributed by atoms with Gasteiger partial charge >= 0.3 is 6.18 Å². The van der Waals surface area contributed by atoms with Gasteiger partial charge in [0.25, 0.3) is 5.78 Å². The molecular formula is C22H15F5N6. The molecule has 0 unspecified atom stereocenters. The number of rotatable bonds is 3. The van der Waals surface area contributed by atoms with E-state index in [9.17, 15) is 22.0 Å². The van der Waals surface area contributed by atoms with E-state index < -0.39 is 23.2 Å². The molecule has 1 aromatic carbocycles. The van der Waals surface area contributed by atoms with Crippen molar-refractivity contribution in [2.24, 2.45) is 5.41 Å². The molecule has 1 aliphatic rings. The zero-order valence-corrected chi connectivity index (χ0v) is 17.2. The van der Waals surface area contributed by atoms with Crippen molar-refractivity contribution in [3.05, 3.63) is 54.1 Å². The summed E-state index contributed by atoms with van der Waals surface area (Å²) in [4.78, 5) is 9.81. The van der Waals surface area contributed by atoms with E-state index in [1.807, 2.05) is 0 Å². The lowest BCUT2D eigenvalue weighted by molar-refractivity contribution is -0.168. The van der Waals surface area contributed by atoms with Gasteiger partial charge in [0, 0.05) is 17.8 Å². The predicted molar refractivity (Wildman–Crippen MR) is 110 cm³/mol. The molecule has 0 N–H and O–H groups in total. The summed E-state index contributed by atoms with van der Waals surface area (Å²) >= 11 is 0. The first-order chi connectivity index (χ1) is 15.7. The number of benzene rings is 1. The quantitative estimate of drug-likeness (QED) is 0.326. The number of aromatic nitrogens is 5. The van der Waals surface area contributed by atoms with E-state index in [4.69, 9.17) is 0 Å². The lowest BCUT2D eigenvalue weighted by atomic mass is 10.1. The Kier molecular flexibility index (Phi) is 4.70. The second-order valence-corrected chi connectivity index (χ2v) is 7.72. The number of halogens is 5. The van der Waals surface area contributed by atoms with Gasteiger partial charge in [-0.15, -0.1) is 10.2 Å². The van der Waals surface area contributed by atoms with Crippen molar-refractivity contribution in [1.82, 2.24) is 24.6 Å². The first-order valence-corrected chi connectivity index (χ1v) is 10.0. The molecule has 1 fully saturated rings. The molecule has 6 nitrogen and oxygen atoms in total. The van der Waals surface area contributed by atoms with Crippen molar-refractivity contribution in [2.45, 2.75) is 25.9 Å². The van der Waals surface area contributed by atoms with Crippen LogP contribution in [0.2, 0.25) is 0 Å². The van der Waals surface area contributed by atoms with Crippen LogP contribution in [0.3, 0.4) is 0 Å². The molecule has 0 amide bonds. The lowest BCUT2D eigenvalue weighted by Crippen LogP contribution is -2.22. The van der Waals surface area contributed by atoms with Crippen molar-refractivity contribution in [3.8, 4) is 11.8 Å². The van der Waals surface area contributed by atoms with Crippen LogP contribution in [0.25, 0.3) is 16.7 Å². The fourth-order valence-corrected chi connectivity index (χ4v) is 3.70. The van der Waals surface area contributed by atoms with E-state index >= 15 is 0 Å². The van der Waals surface area contributed by atoms with Gasteiger partial charge in [-0.05, 0) is 38.0 Å². The van der Waals surface area contributed by atoms with E-state index in [0.717, 1.165) is 12.3 Å². The van der Waals surface area contributed by atoms with Crippen LogP contribution in [0.15, 0.2) is 36.9 Å². The maximum atomic E-state index is 14.8. The molecule has 0 radical (unpaired) electrons. The van der Waals surface area contributed by atoms with E-state index in [1.165, 1.54) is 34.0 Å². The Morgan fingerprint density at radius 2 is 1.94 bits per heavy atom. The van der Waals surface area contributed by atoms with Gasteiger partial charge in [0.15, 0.2) is 5.82 Å². The molecule has 168 valence electrons. The van der Waals surface area contributed by atoms with Crippen LogP contribution in [-0.4, -0.2) is 37.3 Å². The van der Waals surface area contributed by atoms with Gasteiger partial charge in [0.05, 0.1) is 23.3 Å². The molecule has 0 bridgehead atoms. The third-order valence-corrected chi connectivity index (χ3v) is 5.60. The average Bonchev–Trinajstić information content (AvgIpc) is 3.42. The van der Waals surface area contributed by atoms with Crippen LogP contribution in [0.1, 0.15) is 25.3 Å². The van der Waals surface area contributed by atoms with E-state index in [2.05, 4.69) is 32.0 Å². The van der Waals surface area contributed by atoms with Gasteiger partial charge in [-0.2, -0.15) is 18.2 Å². The van der Waals surface area contributed by atoms with Crippen molar-refractivity contribution in [3.63, 3.8) is 0 Å². The molecular weight excluding hydrogens is 443 g/mol. The van der Waals surface area contributed by atoms with Crippen molar-refractivity contribution in [1.29, 1.82) is 0 Å². The number of fused-ring (bicyclic) bond motifs is 3. The number of alkyl halides is 3.